The van der Waals surface area contributed by atoms with Gasteiger partial charge in [0.1, 0.15) is 0 Å². The van der Waals surface area contributed by atoms with Crippen LogP contribution in [0.15, 0.2) is 23.1 Å². The van der Waals surface area contributed by atoms with Gasteiger partial charge in [-0.25, -0.2) is 13.1 Å². The summed E-state index contributed by atoms with van der Waals surface area (Å²) in [6, 6.07) is 4.80. The number of aliphatic hydroxyl groups excluding tert-OH is 1. The van der Waals surface area contributed by atoms with Gasteiger partial charge in [0.15, 0.2) is 0 Å². The van der Waals surface area contributed by atoms with E-state index >= 15 is 0 Å². The van der Waals surface area contributed by atoms with Gasteiger partial charge in [-0.2, -0.15) is 0 Å². The Kier molecular flexibility index (Phi) is 5.72. The summed E-state index contributed by atoms with van der Waals surface area (Å²) in [5.41, 5.74) is 1.58. The van der Waals surface area contributed by atoms with Gasteiger partial charge in [0.25, 0.3) is 0 Å². The Balaban J connectivity index is 2.07. The van der Waals surface area contributed by atoms with Crippen LogP contribution in [0.2, 0.25) is 0 Å². The predicted octanol–water partition coefficient (Wildman–Crippen LogP) is 0.435. The normalized spacial score (nSPS) is 19.6. The number of ether oxygens (including phenoxy) is 2. The van der Waals surface area contributed by atoms with Crippen LogP contribution in [0.3, 0.4) is 0 Å². The van der Waals surface area contributed by atoms with Crippen LogP contribution in [0.5, 0.6) is 0 Å². The van der Waals surface area contributed by atoms with E-state index in [9.17, 15) is 13.5 Å². The van der Waals surface area contributed by atoms with Crippen molar-refractivity contribution in [2.45, 2.75) is 31.0 Å². The quantitative estimate of drug-likeness (QED) is 0.795. The molecule has 1 aromatic rings. The van der Waals surface area contributed by atoms with Crippen molar-refractivity contribution in [3.05, 3.63) is 29.3 Å². The number of nitrogens with one attached hydrogen (secondary N) is 1. The van der Waals surface area contributed by atoms with E-state index < -0.39 is 10.0 Å². The summed E-state index contributed by atoms with van der Waals surface area (Å²) >= 11 is 0. The molecule has 1 atom stereocenters. The lowest BCUT2D eigenvalue weighted by Crippen LogP contribution is -2.39. The summed E-state index contributed by atoms with van der Waals surface area (Å²) in [5, 5.41) is 9.32. The molecule has 0 radical (unpaired) electrons. The van der Waals surface area contributed by atoms with E-state index in [0.29, 0.717) is 25.4 Å². The molecular weight excluding hydrogens is 294 g/mol. The van der Waals surface area contributed by atoms with Crippen molar-refractivity contribution in [1.82, 2.24) is 4.72 Å². The maximum atomic E-state index is 12.3. The Labute approximate surface area is 125 Å². The molecule has 0 saturated carbocycles. The lowest BCUT2D eigenvalue weighted by molar-refractivity contribution is -0.0846. The zero-order valence-electron chi connectivity index (χ0n) is 12.0. The molecule has 21 heavy (non-hydrogen) atoms. The minimum Gasteiger partial charge on any atom is -0.392 e. The molecule has 1 heterocycles. The Hall–Kier alpha value is -0.990. The Morgan fingerprint density at radius 3 is 2.76 bits per heavy atom. The highest BCUT2D eigenvalue weighted by atomic mass is 32.2. The monoisotopic (exact) mass is 315 g/mol. The van der Waals surface area contributed by atoms with Crippen LogP contribution in [0.25, 0.3) is 0 Å². The number of hydrogen-bond donors (Lipinski definition) is 2. The average molecular weight is 315 g/mol. The fraction of sp³-hybridized carbons (Fsp3) is 0.571. The largest absolute Gasteiger partial charge is 0.392 e. The van der Waals surface area contributed by atoms with Crippen molar-refractivity contribution in [3.8, 4) is 0 Å². The van der Waals surface area contributed by atoms with Crippen LogP contribution in [-0.2, 0) is 32.5 Å². The van der Waals surface area contributed by atoms with E-state index in [1.807, 2.05) is 6.92 Å². The van der Waals surface area contributed by atoms with E-state index in [1.54, 1.807) is 12.1 Å². The molecule has 1 aliphatic heterocycles. The van der Waals surface area contributed by atoms with Crippen LogP contribution in [0.4, 0.5) is 0 Å². The number of hydrogen-bond acceptors (Lipinski definition) is 5. The van der Waals surface area contributed by atoms with Crippen LogP contribution < -0.4 is 4.72 Å². The minimum absolute atomic E-state index is 0.153. The fourth-order valence-electron chi connectivity index (χ4n) is 2.20. The van der Waals surface area contributed by atoms with Gasteiger partial charge < -0.3 is 14.6 Å². The van der Waals surface area contributed by atoms with E-state index in [1.165, 1.54) is 6.07 Å². The van der Waals surface area contributed by atoms with Crippen molar-refractivity contribution in [3.63, 3.8) is 0 Å². The number of benzene rings is 1. The van der Waals surface area contributed by atoms with Crippen molar-refractivity contribution in [2.24, 2.45) is 0 Å². The lowest BCUT2D eigenvalue weighted by Gasteiger charge is -2.23. The molecule has 7 heteroatoms. The van der Waals surface area contributed by atoms with Crippen molar-refractivity contribution < 1.29 is 23.0 Å². The van der Waals surface area contributed by atoms with Gasteiger partial charge in [-0.1, -0.05) is 13.0 Å². The molecule has 1 unspecified atom stereocenters. The number of sulfonamides is 1. The van der Waals surface area contributed by atoms with E-state index in [0.717, 1.165) is 12.0 Å². The molecular formula is C14H21NO5S. The Bertz CT molecular complexity index is 567. The highest BCUT2D eigenvalue weighted by Gasteiger charge is 2.20. The molecule has 2 N–H and O–H groups in total. The third-order valence-corrected chi connectivity index (χ3v) is 4.85. The summed E-state index contributed by atoms with van der Waals surface area (Å²) < 4.78 is 37.7. The minimum atomic E-state index is -3.61. The summed E-state index contributed by atoms with van der Waals surface area (Å²) in [6.07, 6.45) is 0.484. The van der Waals surface area contributed by atoms with Crippen molar-refractivity contribution in [1.29, 1.82) is 0 Å². The summed E-state index contributed by atoms with van der Waals surface area (Å²) in [6.45, 7) is 3.37. The first-order chi connectivity index (χ1) is 10.1. The van der Waals surface area contributed by atoms with E-state index in [2.05, 4.69) is 4.72 Å². The predicted molar refractivity (Wildman–Crippen MR) is 77.5 cm³/mol. The van der Waals surface area contributed by atoms with Gasteiger partial charge in [0.05, 0.1) is 37.4 Å². The number of aliphatic hydroxyl groups is 1. The highest BCUT2D eigenvalue weighted by molar-refractivity contribution is 7.89. The second-order valence-corrected chi connectivity index (χ2v) is 6.63. The second-order valence-electron chi connectivity index (χ2n) is 4.86. The van der Waals surface area contributed by atoms with Gasteiger partial charge in [-0.3, -0.25) is 0 Å². The molecule has 1 aromatic carbocycles. The maximum absolute atomic E-state index is 12.3. The lowest BCUT2D eigenvalue weighted by atomic mass is 10.1. The Morgan fingerprint density at radius 2 is 2.14 bits per heavy atom. The number of rotatable bonds is 6. The van der Waals surface area contributed by atoms with Gasteiger partial charge in [0.2, 0.25) is 10.0 Å². The second kappa shape index (κ2) is 7.33. The molecule has 118 valence electrons. The topological polar surface area (TPSA) is 84.9 Å². The van der Waals surface area contributed by atoms with Crippen LogP contribution >= 0.6 is 0 Å². The molecule has 1 fully saturated rings. The summed E-state index contributed by atoms with van der Waals surface area (Å²) in [4.78, 5) is 0.153. The summed E-state index contributed by atoms with van der Waals surface area (Å²) in [7, 11) is -3.61. The standard InChI is InChI=1S/C14H21NO5S/c1-2-11-3-4-14(7-12(11)9-16)21(17,18)15-8-13-10-19-5-6-20-13/h3-4,7,13,15-16H,2,5-6,8-10H2,1H3. The first-order valence-electron chi connectivity index (χ1n) is 6.98. The molecule has 1 saturated heterocycles. The molecule has 0 spiro atoms. The maximum Gasteiger partial charge on any atom is 0.240 e. The third-order valence-electron chi connectivity index (χ3n) is 3.43. The zero-order valence-corrected chi connectivity index (χ0v) is 12.9. The van der Waals surface area contributed by atoms with Gasteiger partial charge >= 0.3 is 0 Å². The molecule has 2 rings (SSSR count). The first kappa shape index (κ1) is 16.4. The van der Waals surface area contributed by atoms with Crippen molar-refractivity contribution in [2.75, 3.05) is 26.4 Å². The van der Waals surface area contributed by atoms with E-state index in [4.69, 9.17) is 9.47 Å². The molecule has 0 amide bonds. The van der Waals surface area contributed by atoms with Crippen LogP contribution in [0, 0.1) is 0 Å². The van der Waals surface area contributed by atoms with Gasteiger partial charge in [-0.05, 0) is 29.7 Å². The number of aryl methyl sites for hydroxylation is 1. The zero-order chi connectivity index (χ0) is 15.3. The third kappa shape index (κ3) is 4.24. The smallest absolute Gasteiger partial charge is 0.240 e. The first-order valence-corrected chi connectivity index (χ1v) is 8.46. The fourth-order valence-corrected chi connectivity index (χ4v) is 3.32. The van der Waals surface area contributed by atoms with Gasteiger partial charge in [-0.15, -0.1) is 0 Å². The summed E-state index contributed by atoms with van der Waals surface area (Å²) in [5.74, 6) is 0. The molecule has 6 nitrogen and oxygen atoms in total. The molecule has 1 aliphatic rings. The average Bonchev–Trinajstić information content (AvgIpc) is 2.53. The highest BCUT2D eigenvalue weighted by Crippen LogP contribution is 2.17. The molecule has 0 aliphatic carbocycles. The van der Waals surface area contributed by atoms with Gasteiger partial charge in [0, 0.05) is 6.54 Å². The molecule has 0 aromatic heterocycles. The molecule has 0 bridgehead atoms. The SMILES string of the molecule is CCc1ccc(S(=O)(=O)NCC2COCCO2)cc1CO. The van der Waals surface area contributed by atoms with Crippen LogP contribution in [-0.4, -0.2) is 46.0 Å². The Morgan fingerprint density at radius 1 is 1.33 bits per heavy atom. The van der Waals surface area contributed by atoms with Crippen LogP contribution in [0.1, 0.15) is 18.1 Å². The van der Waals surface area contributed by atoms with Crippen molar-refractivity contribution >= 4 is 10.0 Å². The van der Waals surface area contributed by atoms with E-state index in [-0.39, 0.29) is 24.2 Å².